The summed E-state index contributed by atoms with van der Waals surface area (Å²) in [6.07, 6.45) is 3.26. The van der Waals surface area contributed by atoms with E-state index in [1.54, 1.807) is 0 Å². The van der Waals surface area contributed by atoms with Gasteiger partial charge in [-0.05, 0) is 36.8 Å². The zero-order valence-electron chi connectivity index (χ0n) is 10.8. The van der Waals surface area contributed by atoms with Gasteiger partial charge >= 0.3 is 0 Å². The van der Waals surface area contributed by atoms with E-state index in [0.29, 0.717) is 0 Å². The number of fused-ring (bicyclic) bond motifs is 1. The van der Waals surface area contributed by atoms with Gasteiger partial charge in [0.15, 0.2) is 0 Å². The molecule has 3 rings (SSSR count). The van der Waals surface area contributed by atoms with Gasteiger partial charge in [-0.3, -0.25) is 9.59 Å². The van der Waals surface area contributed by atoms with Crippen LogP contribution in [0.5, 0.6) is 0 Å². The lowest BCUT2D eigenvalue weighted by Crippen LogP contribution is -2.51. The summed E-state index contributed by atoms with van der Waals surface area (Å²) in [4.78, 5) is 23.9. The van der Waals surface area contributed by atoms with E-state index in [2.05, 4.69) is 22.8 Å². The zero-order valence-corrected chi connectivity index (χ0v) is 10.8. The Kier molecular flexibility index (Phi) is 3.23. The summed E-state index contributed by atoms with van der Waals surface area (Å²) in [5, 5.41) is 5.69. The lowest BCUT2D eigenvalue weighted by atomic mass is 10.0. The Morgan fingerprint density at radius 2 is 1.89 bits per heavy atom. The maximum Gasteiger partial charge on any atom is 0.242 e. The van der Waals surface area contributed by atoms with Crippen LogP contribution in [-0.2, 0) is 22.4 Å². The minimum absolute atomic E-state index is 0.0123. The van der Waals surface area contributed by atoms with Gasteiger partial charge in [-0.15, -0.1) is 0 Å². The molecule has 100 valence electrons. The number of hydrogen-bond donors (Lipinski definition) is 2. The molecule has 1 atom stereocenters. The molecule has 1 aliphatic carbocycles. The van der Waals surface area contributed by atoms with Gasteiger partial charge in [-0.2, -0.15) is 0 Å². The number of amides is 2. The fourth-order valence-corrected chi connectivity index (χ4v) is 2.94. The molecule has 1 aliphatic heterocycles. The Hall–Kier alpha value is -1.84. The van der Waals surface area contributed by atoms with Crippen molar-refractivity contribution in [3.63, 3.8) is 0 Å². The first kappa shape index (κ1) is 12.2. The number of nitrogens with one attached hydrogen (secondary N) is 2. The van der Waals surface area contributed by atoms with Crippen molar-refractivity contribution in [1.82, 2.24) is 10.6 Å². The van der Waals surface area contributed by atoms with Gasteiger partial charge in [-0.1, -0.05) is 24.3 Å². The normalized spacial score (nSPS) is 22.7. The standard InChI is InChI=1S/C15H18N2O2/c18-14(17-13-6-3-7-16-15(13)19)12-8-10-4-1-2-5-11(10)9-12/h1-2,4-5,12-13H,3,6-9H2,(H,16,19)(H,17,18)/t13-/m1/s1. The second kappa shape index (κ2) is 5.03. The van der Waals surface area contributed by atoms with Crippen LogP contribution in [0, 0.1) is 5.92 Å². The van der Waals surface area contributed by atoms with Gasteiger partial charge < -0.3 is 10.6 Å². The molecular formula is C15H18N2O2. The molecule has 1 aromatic rings. The van der Waals surface area contributed by atoms with Crippen LogP contribution < -0.4 is 10.6 Å². The summed E-state index contributed by atoms with van der Waals surface area (Å²) >= 11 is 0. The van der Waals surface area contributed by atoms with Crippen molar-refractivity contribution < 1.29 is 9.59 Å². The average molecular weight is 258 g/mol. The number of carbonyl (C=O) groups is 2. The minimum atomic E-state index is -0.343. The van der Waals surface area contributed by atoms with Gasteiger partial charge in [0.2, 0.25) is 11.8 Å². The van der Waals surface area contributed by atoms with Crippen LogP contribution in [0.3, 0.4) is 0 Å². The van der Waals surface area contributed by atoms with Crippen molar-refractivity contribution in [1.29, 1.82) is 0 Å². The summed E-state index contributed by atoms with van der Waals surface area (Å²) < 4.78 is 0. The lowest BCUT2D eigenvalue weighted by Gasteiger charge is -2.24. The highest BCUT2D eigenvalue weighted by molar-refractivity contribution is 5.89. The zero-order chi connectivity index (χ0) is 13.2. The van der Waals surface area contributed by atoms with Gasteiger partial charge in [0, 0.05) is 12.5 Å². The monoisotopic (exact) mass is 258 g/mol. The molecule has 19 heavy (non-hydrogen) atoms. The summed E-state index contributed by atoms with van der Waals surface area (Å²) in [5.74, 6) is -0.0551. The van der Waals surface area contributed by atoms with Crippen LogP contribution in [0.2, 0.25) is 0 Å². The molecule has 1 aromatic carbocycles. The molecule has 1 heterocycles. The molecular weight excluding hydrogens is 240 g/mol. The van der Waals surface area contributed by atoms with Gasteiger partial charge in [0.05, 0.1) is 0 Å². The van der Waals surface area contributed by atoms with Gasteiger partial charge in [0.1, 0.15) is 6.04 Å². The highest BCUT2D eigenvalue weighted by Gasteiger charge is 2.30. The van der Waals surface area contributed by atoms with Gasteiger partial charge in [-0.25, -0.2) is 0 Å². The highest BCUT2D eigenvalue weighted by Crippen LogP contribution is 2.26. The Morgan fingerprint density at radius 3 is 2.53 bits per heavy atom. The molecule has 0 saturated carbocycles. The first-order valence-electron chi connectivity index (χ1n) is 6.89. The predicted molar refractivity (Wildman–Crippen MR) is 71.5 cm³/mol. The first-order valence-corrected chi connectivity index (χ1v) is 6.89. The number of benzene rings is 1. The third-order valence-corrected chi connectivity index (χ3v) is 4.02. The van der Waals surface area contributed by atoms with Gasteiger partial charge in [0.25, 0.3) is 0 Å². The lowest BCUT2D eigenvalue weighted by molar-refractivity contribution is -0.131. The molecule has 2 amide bonds. The largest absolute Gasteiger partial charge is 0.354 e. The average Bonchev–Trinajstić information content (AvgIpc) is 2.85. The van der Waals surface area contributed by atoms with Crippen LogP contribution in [0.25, 0.3) is 0 Å². The third-order valence-electron chi connectivity index (χ3n) is 4.02. The molecule has 0 bridgehead atoms. The van der Waals surface area contributed by atoms with E-state index in [1.165, 1.54) is 11.1 Å². The molecule has 2 aliphatic rings. The molecule has 2 N–H and O–H groups in total. The van der Waals surface area contributed by atoms with Crippen LogP contribution in [0.4, 0.5) is 0 Å². The van der Waals surface area contributed by atoms with E-state index in [4.69, 9.17) is 0 Å². The Balaban J connectivity index is 1.62. The third kappa shape index (κ3) is 2.48. The van der Waals surface area contributed by atoms with Crippen LogP contribution in [-0.4, -0.2) is 24.4 Å². The fourth-order valence-electron chi connectivity index (χ4n) is 2.94. The molecule has 4 nitrogen and oxygen atoms in total. The topological polar surface area (TPSA) is 58.2 Å². The second-order valence-electron chi connectivity index (χ2n) is 5.37. The first-order chi connectivity index (χ1) is 9.24. The van der Waals surface area contributed by atoms with Crippen molar-refractivity contribution in [2.75, 3.05) is 6.54 Å². The van der Waals surface area contributed by atoms with Crippen molar-refractivity contribution in [3.05, 3.63) is 35.4 Å². The summed E-state index contributed by atoms with van der Waals surface area (Å²) in [7, 11) is 0. The molecule has 0 unspecified atom stereocenters. The quantitative estimate of drug-likeness (QED) is 0.824. The minimum Gasteiger partial charge on any atom is -0.354 e. The van der Waals surface area contributed by atoms with Crippen LogP contribution in [0.15, 0.2) is 24.3 Å². The van der Waals surface area contributed by atoms with E-state index in [0.717, 1.165) is 32.2 Å². The summed E-state index contributed by atoms with van der Waals surface area (Å²) in [6, 6.07) is 7.83. The molecule has 0 radical (unpaired) electrons. The Bertz CT molecular complexity index is 488. The summed E-state index contributed by atoms with van der Waals surface area (Å²) in [6.45, 7) is 0.722. The maximum atomic E-state index is 12.2. The van der Waals surface area contributed by atoms with E-state index >= 15 is 0 Å². The van der Waals surface area contributed by atoms with E-state index in [1.807, 2.05) is 12.1 Å². The van der Waals surface area contributed by atoms with Crippen molar-refractivity contribution in [2.45, 2.75) is 31.7 Å². The number of hydrogen-bond acceptors (Lipinski definition) is 2. The summed E-state index contributed by atoms with van der Waals surface area (Å²) in [5.41, 5.74) is 2.52. The van der Waals surface area contributed by atoms with Crippen LogP contribution in [0.1, 0.15) is 24.0 Å². The fraction of sp³-hybridized carbons (Fsp3) is 0.467. The number of piperidine rings is 1. The second-order valence-corrected chi connectivity index (χ2v) is 5.37. The smallest absolute Gasteiger partial charge is 0.242 e. The highest BCUT2D eigenvalue weighted by atomic mass is 16.2. The Labute approximate surface area is 112 Å². The van der Waals surface area contributed by atoms with E-state index in [9.17, 15) is 9.59 Å². The molecule has 0 aromatic heterocycles. The van der Waals surface area contributed by atoms with Crippen molar-refractivity contribution in [3.8, 4) is 0 Å². The predicted octanol–water partition coefficient (Wildman–Crippen LogP) is 0.796. The molecule has 4 heteroatoms. The van der Waals surface area contributed by atoms with E-state index < -0.39 is 0 Å². The molecule has 1 fully saturated rings. The molecule has 0 spiro atoms. The molecule has 1 saturated heterocycles. The van der Waals surface area contributed by atoms with E-state index in [-0.39, 0.29) is 23.8 Å². The SMILES string of the molecule is O=C(N[C@@H]1CCCNC1=O)C1Cc2ccccc2C1. The van der Waals surface area contributed by atoms with Crippen molar-refractivity contribution >= 4 is 11.8 Å². The Morgan fingerprint density at radius 1 is 1.21 bits per heavy atom. The number of carbonyl (C=O) groups excluding carboxylic acids is 2. The number of rotatable bonds is 2. The maximum absolute atomic E-state index is 12.2. The van der Waals surface area contributed by atoms with Crippen molar-refractivity contribution in [2.24, 2.45) is 5.92 Å². The van der Waals surface area contributed by atoms with Crippen LogP contribution >= 0.6 is 0 Å².